The van der Waals surface area contributed by atoms with Crippen molar-refractivity contribution in [2.75, 3.05) is 0 Å². The number of carbonyl (C=O) groups is 1. The first-order valence-electron chi connectivity index (χ1n) is 2.20. The fourth-order valence-electron chi connectivity index (χ4n) is 0.110. The Morgan fingerprint density at radius 1 is 1.36 bits per heavy atom. The molecule has 0 aromatic carbocycles. The van der Waals surface area contributed by atoms with E-state index in [4.69, 9.17) is 20.1 Å². The molecule has 1 N–H and O–H groups in total. The van der Waals surface area contributed by atoms with Gasteiger partial charge in [-0.1, -0.05) is 0 Å². The summed E-state index contributed by atoms with van der Waals surface area (Å²) >= 11 is -9.26. The molecule has 1 atom stereocenters. The van der Waals surface area contributed by atoms with E-state index in [9.17, 15) is 8.89 Å². The molecule has 0 saturated carbocycles. The number of hydrogen-bond donors (Lipinski definition) is 1. The van der Waals surface area contributed by atoms with Gasteiger partial charge in [-0.3, -0.25) is 0 Å². The average Bonchev–Trinajstić information content (AvgIpc) is 1.52. The molecule has 0 aliphatic heterocycles. The molecule has 8 nitrogen and oxygen atoms in total. The van der Waals surface area contributed by atoms with Crippen molar-refractivity contribution in [2.45, 2.75) is 6.92 Å². The zero-order valence-corrected chi connectivity index (χ0v) is 11.9. The Labute approximate surface area is 109 Å². The second-order valence-electron chi connectivity index (χ2n) is 1.27. The van der Waals surface area contributed by atoms with E-state index in [1.54, 1.807) is 0 Å². The molecule has 0 rings (SSSR count). The van der Waals surface area contributed by atoms with Crippen LogP contribution in [0, 0.1) is 0 Å². The van der Waals surface area contributed by atoms with Crippen molar-refractivity contribution < 1.29 is 66.9 Å². The van der Waals surface area contributed by atoms with E-state index in [1.165, 1.54) is 0 Å². The minimum atomic E-state index is -5.88. The predicted molar refractivity (Wildman–Crippen MR) is 26.2 cm³/mol. The first-order chi connectivity index (χ1) is 5.13. The Kier molecular flexibility index (Phi) is 21.5. The smallest absolute Gasteiger partial charge is 2.00 e. The topological polar surface area (TPSA) is 156 Å². The molecule has 0 saturated heterocycles. The monoisotopic (exact) mass is 432 g/mol. The molecule has 0 aliphatic carbocycles. The summed E-state index contributed by atoms with van der Waals surface area (Å²) in [5, 5.41) is 0. The van der Waals surface area contributed by atoms with Crippen LogP contribution in [-0.2, 0) is 46.4 Å². The molecule has 2 radical (unpaired) electrons. The molecule has 0 heterocycles. The van der Waals surface area contributed by atoms with E-state index in [1.807, 2.05) is 0 Å². The van der Waals surface area contributed by atoms with Crippen molar-refractivity contribution in [1.29, 1.82) is 0 Å². The quantitative estimate of drug-likeness (QED) is 0.401. The van der Waals surface area contributed by atoms with E-state index < -0.39 is 36.2 Å². The largest absolute Gasteiger partial charge is 2.00 e. The van der Waals surface area contributed by atoms with Crippen LogP contribution >= 0.6 is 0 Å². The van der Waals surface area contributed by atoms with Crippen LogP contribution in [0.3, 0.4) is 0 Å². The standard InChI is InChI=1S/C2H4AsO4.AsH3O4.2Cu/c1-2(4)7-3(5)6;2-1(3,4)5;;/h5H,1H3;(H3,2,3,4,5);;/q-1;;2*+2/p-3. The predicted octanol–water partition coefficient (Wildman–Crippen LogP) is -6.18. The first-order valence-corrected chi connectivity index (χ1v) is 7.64. The summed E-state index contributed by atoms with van der Waals surface area (Å²) in [5.41, 5.74) is 0. The van der Waals surface area contributed by atoms with E-state index in [0.717, 1.165) is 6.92 Å². The molecule has 92 valence electrons. The van der Waals surface area contributed by atoms with Gasteiger partial charge in [-0.05, 0) is 0 Å². The maximum absolute atomic E-state index is 9.71. The molecular weight excluding hydrogens is 429 g/mol. The van der Waals surface area contributed by atoms with Gasteiger partial charge in [0.05, 0.1) is 0 Å². The van der Waals surface area contributed by atoms with Gasteiger partial charge in [0.25, 0.3) is 0 Å². The summed E-state index contributed by atoms with van der Waals surface area (Å²) in [6.07, 6.45) is 0. The molecule has 0 amide bonds. The molecule has 0 aromatic rings. The van der Waals surface area contributed by atoms with Crippen molar-refractivity contribution >= 4 is 36.2 Å². The van der Waals surface area contributed by atoms with E-state index >= 15 is 0 Å². The summed E-state index contributed by atoms with van der Waals surface area (Å²) in [4.78, 5) is 9.71. The summed E-state index contributed by atoms with van der Waals surface area (Å²) in [5.74, 6) is -0.711. The van der Waals surface area contributed by atoms with Crippen molar-refractivity contribution in [1.82, 2.24) is 0 Å². The summed E-state index contributed by atoms with van der Waals surface area (Å²) in [6.45, 7) is 1.08. The van der Waals surface area contributed by atoms with Gasteiger partial charge in [0.2, 0.25) is 0 Å². The molecule has 0 bridgehead atoms. The maximum atomic E-state index is 9.71. The van der Waals surface area contributed by atoms with Crippen LogP contribution in [0.2, 0.25) is 0 Å². The van der Waals surface area contributed by atoms with Crippen LogP contribution in [0.5, 0.6) is 0 Å². The minimum Gasteiger partial charge on any atom is 2.00 e. The third-order valence-corrected chi connectivity index (χ3v) is 1.07. The van der Waals surface area contributed by atoms with Crippen LogP contribution in [0.1, 0.15) is 6.92 Å². The van der Waals surface area contributed by atoms with Gasteiger partial charge < -0.3 is 0 Å². The van der Waals surface area contributed by atoms with E-state index in [-0.39, 0.29) is 34.1 Å². The number of carbonyl (C=O) groups excluding carboxylic acids is 1. The van der Waals surface area contributed by atoms with Crippen molar-refractivity contribution in [2.24, 2.45) is 0 Å². The molecule has 1 unspecified atom stereocenters. The van der Waals surface area contributed by atoms with Crippen LogP contribution in [-0.4, -0.2) is 40.3 Å². The normalized spacial score (nSPS) is 10.7. The third kappa shape index (κ3) is 72.4. The average molecular weight is 433 g/mol. The molecule has 0 aliphatic rings. The molecule has 0 fully saturated rings. The fourth-order valence-corrected chi connectivity index (χ4v) is 0.571. The van der Waals surface area contributed by atoms with Gasteiger partial charge in [0.15, 0.2) is 0 Å². The van der Waals surface area contributed by atoms with Gasteiger partial charge >= 0.3 is 110 Å². The molecule has 0 aromatic heterocycles. The summed E-state index contributed by atoms with van der Waals surface area (Å²) in [6, 6.07) is 0. The summed E-state index contributed by atoms with van der Waals surface area (Å²) < 4.78 is 55.7. The molecule has 12 heteroatoms. The van der Waals surface area contributed by atoms with E-state index in [2.05, 4.69) is 3.73 Å². The Balaban J connectivity index is -0.0000000651. The Bertz CT molecular complexity index is 170. The van der Waals surface area contributed by atoms with Gasteiger partial charge in [-0.25, -0.2) is 0 Å². The number of rotatable bonds is 1. The number of hydrogen-bond acceptors (Lipinski definition) is 8. The third-order valence-electron chi connectivity index (χ3n) is 0.207. The van der Waals surface area contributed by atoms with Gasteiger partial charge in [-0.15, -0.1) is 0 Å². The van der Waals surface area contributed by atoms with Crippen LogP contribution in [0.25, 0.3) is 0 Å². The second-order valence-corrected chi connectivity index (χ2v) is 4.53. The molecule has 0 spiro atoms. The van der Waals surface area contributed by atoms with Gasteiger partial charge in [-0.2, -0.15) is 0 Å². The SMILES string of the molecule is CC(=O)O[As]([O-])O.O=[As]([O-])([O-])[O-].[Cu+2].[Cu+2]. The zero-order valence-electron chi connectivity index (χ0n) is 6.30. The van der Waals surface area contributed by atoms with Crippen LogP contribution in [0.4, 0.5) is 0 Å². The molecular formula is C2H4As2Cu2O8. The minimum absolute atomic E-state index is 0. The molecule has 14 heavy (non-hydrogen) atoms. The van der Waals surface area contributed by atoms with Gasteiger partial charge in [0.1, 0.15) is 0 Å². The van der Waals surface area contributed by atoms with Gasteiger partial charge in [0, 0.05) is 0 Å². The van der Waals surface area contributed by atoms with Crippen LogP contribution in [0.15, 0.2) is 0 Å². The maximum Gasteiger partial charge on any atom is 2.00 e. The van der Waals surface area contributed by atoms with E-state index in [0.29, 0.717) is 0 Å². The Hall–Kier alpha value is 1.23. The zero-order chi connectivity index (χ0) is 10.4. The first kappa shape index (κ1) is 24.5. The second kappa shape index (κ2) is 12.3. The Morgan fingerprint density at radius 3 is 1.57 bits per heavy atom. The van der Waals surface area contributed by atoms with Crippen molar-refractivity contribution in [3.05, 3.63) is 0 Å². The summed E-state index contributed by atoms with van der Waals surface area (Å²) in [7, 11) is 0. The van der Waals surface area contributed by atoms with Crippen molar-refractivity contribution in [3.8, 4) is 0 Å². The Morgan fingerprint density at radius 2 is 1.57 bits per heavy atom. The van der Waals surface area contributed by atoms with Crippen LogP contribution < -0.4 is 16.4 Å². The van der Waals surface area contributed by atoms with Crippen molar-refractivity contribution in [3.63, 3.8) is 0 Å². The fraction of sp³-hybridized carbons (Fsp3) is 0.500.